The zero-order valence-corrected chi connectivity index (χ0v) is 33.6. The van der Waals surface area contributed by atoms with E-state index in [0.29, 0.717) is 30.5 Å². The molecule has 2 heterocycles. The van der Waals surface area contributed by atoms with Gasteiger partial charge in [-0.1, -0.05) is 38.8 Å². The summed E-state index contributed by atoms with van der Waals surface area (Å²) in [5.41, 5.74) is 4.50. The summed E-state index contributed by atoms with van der Waals surface area (Å²) in [6.07, 6.45) is 3.20. The fourth-order valence-corrected chi connectivity index (χ4v) is 5.55. The average molecular weight is 783 g/mol. The van der Waals surface area contributed by atoms with Gasteiger partial charge in [0.05, 0.1) is 0 Å². The van der Waals surface area contributed by atoms with Gasteiger partial charge in [-0.3, -0.25) is 19.2 Å². The van der Waals surface area contributed by atoms with Crippen LogP contribution in [0.25, 0.3) is 0 Å². The summed E-state index contributed by atoms with van der Waals surface area (Å²) < 4.78 is 0. The number of aryl methyl sites for hydroxylation is 4. The van der Waals surface area contributed by atoms with Gasteiger partial charge in [0, 0.05) is 84.5 Å². The topological polar surface area (TPSA) is 136 Å². The van der Waals surface area contributed by atoms with Crippen molar-refractivity contribution in [1.29, 1.82) is 0 Å². The van der Waals surface area contributed by atoms with Gasteiger partial charge in [0.15, 0.2) is 0 Å². The van der Waals surface area contributed by atoms with Crippen LogP contribution in [0.5, 0.6) is 0 Å². The Kier molecular flexibility index (Phi) is 17.5. The van der Waals surface area contributed by atoms with E-state index in [1.807, 2.05) is 25.7 Å². The van der Waals surface area contributed by atoms with Crippen LogP contribution in [-0.2, 0) is 79.8 Å². The number of aliphatic carboxylic acids is 1. The minimum atomic E-state index is -1.00. The molecule has 2 aliphatic rings. The first-order valence-electron chi connectivity index (χ1n) is 15.1. The van der Waals surface area contributed by atoms with Crippen LogP contribution in [0, 0.1) is 39.8 Å². The Labute approximate surface area is 322 Å². The van der Waals surface area contributed by atoms with E-state index < -0.39 is 24.1 Å². The Morgan fingerprint density at radius 2 is 1.17 bits per heavy atom. The smallest absolute Gasteiger partial charge is 0.326 e. The minimum absolute atomic E-state index is 0. The normalized spacial score (nSPS) is 18.2. The number of amides is 4. The number of rotatable bonds is 7. The first-order chi connectivity index (χ1) is 20.7. The molecule has 10 nitrogen and oxygen atoms in total. The second-order valence-electron chi connectivity index (χ2n) is 11.9. The van der Waals surface area contributed by atoms with Crippen molar-refractivity contribution in [2.45, 2.75) is 98.3 Å². The Morgan fingerprint density at radius 1 is 0.761 bits per heavy atom. The van der Waals surface area contributed by atoms with Crippen LogP contribution in [0.3, 0.4) is 0 Å². The standard InChI is InChI=1S/C17H21N2O4.C17H23N2O2.2Y/c1-10-6-7-11(2)13(9-10)15(20)18-12(3)16(21)19-8-4-5-14(19)17(22)23;1-11-7-8-12(2)15(10-11)16(20)18-14(4)17(21)19-9-5-6-13(19)3;;/h7,9,12,14H,4-5,8H2,1-3H3,(H,18,20)(H,22,23);8,10,13-14H,5-6,9H2,1-4H3,(H,18,20);;/q2*-1;;/t12-,14-;13-,14+;;/m01../s1. The van der Waals surface area contributed by atoms with Crippen molar-refractivity contribution in [2.24, 2.45) is 0 Å². The van der Waals surface area contributed by atoms with Crippen LogP contribution >= 0.6 is 0 Å². The van der Waals surface area contributed by atoms with E-state index in [9.17, 15) is 24.0 Å². The molecule has 0 aliphatic carbocycles. The van der Waals surface area contributed by atoms with Crippen molar-refractivity contribution in [2.75, 3.05) is 13.1 Å². The van der Waals surface area contributed by atoms with Gasteiger partial charge >= 0.3 is 5.97 Å². The Balaban J connectivity index is 0.000000442. The molecule has 0 aromatic heterocycles. The van der Waals surface area contributed by atoms with Gasteiger partial charge in [0.25, 0.3) is 0 Å². The van der Waals surface area contributed by atoms with E-state index in [1.54, 1.807) is 45.0 Å². The Morgan fingerprint density at radius 3 is 1.59 bits per heavy atom. The summed E-state index contributed by atoms with van der Waals surface area (Å²) in [6, 6.07) is 11.4. The third-order valence-electron chi connectivity index (χ3n) is 8.19. The molecule has 2 aliphatic heterocycles. The van der Waals surface area contributed by atoms with E-state index in [-0.39, 0.29) is 95.1 Å². The zero-order valence-electron chi connectivity index (χ0n) is 27.9. The molecule has 2 aromatic rings. The number of hydrogen-bond donors (Lipinski definition) is 3. The molecule has 0 saturated carbocycles. The number of nitrogens with zero attached hydrogens (tertiary/aromatic N) is 2. The molecular weight excluding hydrogens is 738 g/mol. The van der Waals surface area contributed by atoms with Crippen molar-refractivity contribution in [3.05, 3.63) is 69.8 Å². The van der Waals surface area contributed by atoms with Crippen molar-refractivity contribution in [3.8, 4) is 0 Å². The SMILES string of the molecule is Cc1[c-]cc(C)c(C(=O)N[C@@H](C)C(=O)N2CCC[C@H]2C(=O)O)c1.Cc1[c-]cc(C)c(C(=O)N[C@@H](C)C(=O)N2CCC[C@H]2C)c1.[Y].[Y]. The molecule has 0 unspecified atom stereocenters. The second kappa shape index (κ2) is 19.1. The van der Waals surface area contributed by atoms with E-state index in [1.165, 1.54) is 4.90 Å². The Bertz CT molecular complexity index is 1420. The minimum Gasteiger partial charge on any atom is -0.480 e. The molecule has 2 aromatic carbocycles. The molecule has 4 rings (SSSR count). The fourth-order valence-electron chi connectivity index (χ4n) is 5.55. The van der Waals surface area contributed by atoms with E-state index in [4.69, 9.17) is 5.11 Å². The van der Waals surface area contributed by atoms with Crippen LogP contribution in [0.2, 0.25) is 0 Å². The van der Waals surface area contributed by atoms with Gasteiger partial charge in [-0.2, -0.15) is 47.5 Å². The van der Waals surface area contributed by atoms with Crippen molar-refractivity contribution >= 4 is 29.6 Å². The predicted octanol–water partition coefficient (Wildman–Crippen LogP) is 3.53. The van der Waals surface area contributed by atoms with Gasteiger partial charge in [-0.25, -0.2) is 4.79 Å². The predicted molar refractivity (Wildman–Crippen MR) is 166 cm³/mol. The van der Waals surface area contributed by atoms with Gasteiger partial charge < -0.3 is 25.5 Å². The third-order valence-corrected chi connectivity index (χ3v) is 8.19. The largest absolute Gasteiger partial charge is 0.480 e. The van der Waals surface area contributed by atoms with E-state index >= 15 is 0 Å². The number of carboxylic acids is 1. The number of carbonyl (C=O) groups excluding carboxylic acids is 4. The van der Waals surface area contributed by atoms with Crippen molar-refractivity contribution < 1.29 is 94.5 Å². The maximum atomic E-state index is 12.4. The summed E-state index contributed by atoms with van der Waals surface area (Å²) >= 11 is 0. The van der Waals surface area contributed by atoms with Gasteiger partial charge in [0.1, 0.15) is 18.1 Å². The van der Waals surface area contributed by atoms with Crippen molar-refractivity contribution in [1.82, 2.24) is 20.4 Å². The first-order valence-corrected chi connectivity index (χ1v) is 15.1. The monoisotopic (exact) mass is 782 g/mol. The zero-order chi connectivity index (χ0) is 32.7. The third kappa shape index (κ3) is 11.0. The van der Waals surface area contributed by atoms with Crippen molar-refractivity contribution in [3.63, 3.8) is 0 Å². The molecular formula is C34H44N4O6Y2-2. The molecule has 2 fully saturated rings. The molecule has 244 valence electrons. The van der Waals surface area contributed by atoms with Crippen LogP contribution in [0.15, 0.2) is 24.3 Å². The average Bonchev–Trinajstić information content (AvgIpc) is 3.64. The molecule has 3 N–H and O–H groups in total. The molecule has 4 amide bonds. The van der Waals surface area contributed by atoms with E-state index in [0.717, 1.165) is 41.6 Å². The summed E-state index contributed by atoms with van der Waals surface area (Å²) in [5, 5.41) is 14.6. The van der Waals surface area contributed by atoms with Crippen LogP contribution in [0.1, 0.15) is 89.4 Å². The van der Waals surface area contributed by atoms with Crippen LogP contribution in [0.4, 0.5) is 0 Å². The number of nitrogens with one attached hydrogen (secondary N) is 2. The fraction of sp³-hybridized carbons (Fsp3) is 0.500. The molecule has 2 radical (unpaired) electrons. The molecule has 0 spiro atoms. The number of carboxylic acid groups (broad SMARTS) is 1. The Hall–Kier alpha value is -2.00. The van der Waals surface area contributed by atoms with Gasteiger partial charge in [-0.05, 0) is 46.5 Å². The summed E-state index contributed by atoms with van der Waals surface area (Å²) in [7, 11) is 0. The van der Waals surface area contributed by atoms with E-state index in [2.05, 4.69) is 29.7 Å². The summed E-state index contributed by atoms with van der Waals surface area (Å²) in [6.45, 7) is 14.0. The molecule has 4 atom stereocenters. The van der Waals surface area contributed by atoms with Gasteiger partial charge in [-0.15, -0.1) is 11.1 Å². The van der Waals surface area contributed by atoms with Crippen LogP contribution < -0.4 is 10.6 Å². The number of hydrogen-bond acceptors (Lipinski definition) is 5. The number of carbonyl (C=O) groups is 5. The molecule has 12 heteroatoms. The van der Waals surface area contributed by atoms with Crippen LogP contribution in [-0.4, -0.2) is 81.8 Å². The quantitative estimate of drug-likeness (QED) is 0.368. The summed E-state index contributed by atoms with van der Waals surface area (Å²) in [4.78, 5) is 63.9. The van der Waals surface area contributed by atoms with Gasteiger partial charge in [0.2, 0.25) is 23.6 Å². The maximum absolute atomic E-state index is 12.4. The summed E-state index contributed by atoms with van der Waals surface area (Å²) in [5.74, 6) is -1.89. The molecule has 46 heavy (non-hydrogen) atoms. The molecule has 0 bridgehead atoms. The first kappa shape index (κ1) is 42.0. The number of benzene rings is 2. The molecule has 2 saturated heterocycles. The second-order valence-corrected chi connectivity index (χ2v) is 11.9. The number of likely N-dealkylation sites (tertiary alicyclic amines) is 2. The maximum Gasteiger partial charge on any atom is 0.326 e.